The molecule has 4 rings (SSSR count). The van der Waals surface area contributed by atoms with Gasteiger partial charge in [-0.15, -0.1) is 0 Å². The van der Waals surface area contributed by atoms with Crippen LogP contribution in [-0.4, -0.2) is 41.3 Å². The lowest BCUT2D eigenvalue weighted by Gasteiger charge is -2.35. The Kier molecular flexibility index (Phi) is 3.96. The summed E-state index contributed by atoms with van der Waals surface area (Å²) in [5, 5.41) is 10.9. The third kappa shape index (κ3) is 2.81. The minimum absolute atomic E-state index is 0.178. The SMILES string of the molecule is c1ccc(C(c2c[nH]nc2-c2ccco2)N2CCNCC2)cc1. The normalized spacial score (nSPS) is 17.2. The van der Waals surface area contributed by atoms with Crippen LogP contribution in [0.3, 0.4) is 0 Å². The monoisotopic (exact) mass is 308 g/mol. The lowest BCUT2D eigenvalue weighted by Crippen LogP contribution is -2.45. The summed E-state index contributed by atoms with van der Waals surface area (Å²) < 4.78 is 5.58. The molecular formula is C18H20N4O. The van der Waals surface area contributed by atoms with Gasteiger partial charge >= 0.3 is 0 Å². The van der Waals surface area contributed by atoms with Crippen molar-refractivity contribution in [1.29, 1.82) is 0 Å². The highest BCUT2D eigenvalue weighted by molar-refractivity contribution is 5.58. The molecule has 0 radical (unpaired) electrons. The van der Waals surface area contributed by atoms with E-state index in [1.165, 1.54) is 5.56 Å². The number of hydrogen-bond acceptors (Lipinski definition) is 4. The molecule has 1 saturated heterocycles. The number of aromatic nitrogens is 2. The van der Waals surface area contributed by atoms with Crippen LogP contribution in [0.25, 0.3) is 11.5 Å². The molecule has 0 bridgehead atoms. The zero-order valence-electron chi connectivity index (χ0n) is 12.9. The Hall–Kier alpha value is -2.37. The Bertz CT molecular complexity index is 729. The van der Waals surface area contributed by atoms with Crippen LogP contribution in [0.2, 0.25) is 0 Å². The van der Waals surface area contributed by atoms with Crippen molar-refractivity contribution in [2.75, 3.05) is 26.2 Å². The molecule has 3 heterocycles. The van der Waals surface area contributed by atoms with Gasteiger partial charge in [-0.25, -0.2) is 0 Å². The predicted molar refractivity (Wildman–Crippen MR) is 89.0 cm³/mol. The number of H-pyrrole nitrogens is 1. The van der Waals surface area contributed by atoms with Crippen LogP contribution in [0.4, 0.5) is 0 Å². The summed E-state index contributed by atoms with van der Waals surface area (Å²) in [6.45, 7) is 4.05. The minimum Gasteiger partial charge on any atom is -0.463 e. The molecule has 118 valence electrons. The molecule has 1 atom stereocenters. The van der Waals surface area contributed by atoms with E-state index < -0.39 is 0 Å². The molecule has 1 aliphatic rings. The Morgan fingerprint density at radius 2 is 1.87 bits per heavy atom. The van der Waals surface area contributed by atoms with Crippen LogP contribution in [0.5, 0.6) is 0 Å². The van der Waals surface area contributed by atoms with Crippen molar-refractivity contribution in [1.82, 2.24) is 20.4 Å². The summed E-state index contributed by atoms with van der Waals surface area (Å²) in [4.78, 5) is 2.50. The smallest absolute Gasteiger partial charge is 0.154 e. The lowest BCUT2D eigenvalue weighted by molar-refractivity contribution is 0.198. The Morgan fingerprint density at radius 3 is 2.61 bits per heavy atom. The first-order valence-corrected chi connectivity index (χ1v) is 8.01. The van der Waals surface area contributed by atoms with Gasteiger partial charge in [-0.1, -0.05) is 30.3 Å². The van der Waals surface area contributed by atoms with Crippen molar-refractivity contribution in [3.63, 3.8) is 0 Å². The van der Waals surface area contributed by atoms with Gasteiger partial charge in [0.05, 0.1) is 12.3 Å². The molecule has 0 spiro atoms. The molecular weight excluding hydrogens is 288 g/mol. The second kappa shape index (κ2) is 6.40. The maximum atomic E-state index is 5.58. The highest BCUT2D eigenvalue weighted by atomic mass is 16.3. The van der Waals surface area contributed by atoms with Crippen molar-refractivity contribution in [2.45, 2.75) is 6.04 Å². The first-order valence-electron chi connectivity index (χ1n) is 8.01. The predicted octanol–water partition coefficient (Wildman–Crippen LogP) is 2.66. The number of nitrogens with zero attached hydrogens (tertiary/aromatic N) is 2. The second-order valence-electron chi connectivity index (χ2n) is 5.77. The molecule has 5 nitrogen and oxygen atoms in total. The van der Waals surface area contributed by atoms with E-state index in [1.807, 2.05) is 18.3 Å². The van der Waals surface area contributed by atoms with Crippen LogP contribution in [0.15, 0.2) is 59.3 Å². The van der Waals surface area contributed by atoms with Gasteiger partial charge in [0.2, 0.25) is 0 Å². The van der Waals surface area contributed by atoms with Gasteiger partial charge < -0.3 is 9.73 Å². The largest absolute Gasteiger partial charge is 0.463 e. The minimum atomic E-state index is 0.178. The Balaban J connectivity index is 1.78. The fourth-order valence-corrected chi connectivity index (χ4v) is 3.28. The maximum absolute atomic E-state index is 5.58. The standard InChI is InChI=1S/C18H20N4O/c1-2-5-14(6-3-1)18(22-10-8-19-9-11-22)15-13-20-21-17(15)16-7-4-12-23-16/h1-7,12-13,18-19H,8-11H2,(H,20,21). The topological polar surface area (TPSA) is 57.1 Å². The van der Waals surface area contributed by atoms with E-state index in [9.17, 15) is 0 Å². The first-order chi connectivity index (χ1) is 11.4. The molecule has 2 N–H and O–H groups in total. The van der Waals surface area contributed by atoms with E-state index in [0.29, 0.717) is 0 Å². The van der Waals surface area contributed by atoms with Gasteiger partial charge in [0.15, 0.2) is 5.76 Å². The molecule has 2 aromatic heterocycles. The summed E-state index contributed by atoms with van der Waals surface area (Å²) in [5.74, 6) is 0.803. The first kappa shape index (κ1) is 14.2. The van der Waals surface area contributed by atoms with E-state index in [-0.39, 0.29) is 6.04 Å². The summed E-state index contributed by atoms with van der Waals surface area (Å²) in [5.41, 5.74) is 3.33. The van der Waals surface area contributed by atoms with Crippen molar-refractivity contribution in [3.05, 3.63) is 66.1 Å². The van der Waals surface area contributed by atoms with Crippen LogP contribution in [0, 0.1) is 0 Å². The zero-order valence-corrected chi connectivity index (χ0v) is 12.9. The van der Waals surface area contributed by atoms with Gasteiger partial charge in [0.1, 0.15) is 5.69 Å². The second-order valence-corrected chi connectivity index (χ2v) is 5.77. The molecule has 0 aliphatic carbocycles. The van der Waals surface area contributed by atoms with Crippen LogP contribution >= 0.6 is 0 Å². The van der Waals surface area contributed by atoms with Gasteiger partial charge in [-0.3, -0.25) is 10.00 Å². The maximum Gasteiger partial charge on any atom is 0.154 e. The molecule has 0 saturated carbocycles. The number of furan rings is 1. The fraction of sp³-hybridized carbons (Fsp3) is 0.278. The zero-order chi connectivity index (χ0) is 15.5. The Labute approximate surface area is 135 Å². The number of benzene rings is 1. The van der Waals surface area contributed by atoms with E-state index in [2.05, 4.69) is 50.7 Å². The molecule has 1 aliphatic heterocycles. The number of aromatic amines is 1. The van der Waals surface area contributed by atoms with Crippen molar-refractivity contribution >= 4 is 0 Å². The quantitative estimate of drug-likeness (QED) is 0.778. The van der Waals surface area contributed by atoms with Crippen molar-refractivity contribution in [2.24, 2.45) is 0 Å². The molecule has 1 unspecified atom stereocenters. The number of nitrogens with one attached hydrogen (secondary N) is 2. The van der Waals surface area contributed by atoms with Crippen LogP contribution < -0.4 is 5.32 Å². The highest BCUT2D eigenvalue weighted by Gasteiger charge is 2.28. The number of rotatable bonds is 4. The molecule has 3 aromatic rings. The summed E-state index contributed by atoms with van der Waals surface area (Å²) in [7, 11) is 0. The molecule has 1 aromatic carbocycles. The summed E-state index contributed by atoms with van der Waals surface area (Å²) >= 11 is 0. The van der Waals surface area contributed by atoms with E-state index >= 15 is 0 Å². The highest BCUT2D eigenvalue weighted by Crippen LogP contribution is 2.34. The van der Waals surface area contributed by atoms with Gasteiger partial charge in [0, 0.05) is 37.9 Å². The summed E-state index contributed by atoms with van der Waals surface area (Å²) in [6, 6.07) is 14.7. The van der Waals surface area contributed by atoms with Crippen molar-refractivity contribution in [3.8, 4) is 11.5 Å². The third-order valence-corrected chi connectivity index (χ3v) is 4.35. The Morgan fingerprint density at radius 1 is 1.04 bits per heavy atom. The molecule has 1 fully saturated rings. The molecule has 23 heavy (non-hydrogen) atoms. The third-order valence-electron chi connectivity index (χ3n) is 4.35. The van der Waals surface area contributed by atoms with Crippen LogP contribution in [0.1, 0.15) is 17.2 Å². The van der Waals surface area contributed by atoms with E-state index in [0.717, 1.165) is 43.2 Å². The molecule has 5 heteroatoms. The average molecular weight is 308 g/mol. The van der Waals surface area contributed by atoms with Crippen molar-refractivity contribution < 1.29 is 4.42 Å². The number of piperazine rings is 1. The fourth-order valence-electron chi connectivity index (χ4n) is 3.28. The lowest BCUT2D eigenvalue weighted by atomic mass is 9.96. The van der Waals surface area contributed by atoms with E-state index in [1.54, 1.807) is 6.26 Å². The van der Waals surface area contributed by atoms with Gasteiger partial charge in [-0.2, -0.15) is 5.10 Å². The average Bonchev–Trinajstić information content (AvgIpc) is 3.28. The van der Waals surface area contributed by atoms with Gasteiger partial charge in [-0.05, 0) is 17.7 Å². The summed E-state index contributed by atoms with van der Waals surface area (Å²) in [6.07, 6.45) is 3.69. The number of hydrogen-bond donors (Lipinski definition) is 2. The van der Waals surface area contributed by atoms with Gasteiger partial charge in [0.25, 0.3) is 0 Å². The van der Waals surface area contributed by atoms with Crippen LogP contribution in [-0.2, 0) is 0 Å². The van der Waals surface area contributed by atoms with E-state index in [4.69, 9.17) is 4.42 Å². The molecule has 0 amide bonds.